The van der Waals surface area contributed by atoms with E-state index in [2.05, 4.69) is 29.5 Å². The second-order valence-electron chi connectivity index (χ2n) is 5.27. The zero-order valence-corrected chi connectivity index (χ0v) is 12.2. The van der Waals surface area contributed by atoms with Crippen molar-refractivity contribution in [3.8, 4) is 0 Å². The summed E-state index contributed by atoms with van der Waals surface area (Å²) in [6, 6.07) is 0. The van der Waals surface area contributed by atoms with Crippen molar-refractivity contribution in [1.82, 2.24) is 10.6 Å². The molecule has 1 unspecified atom stereocenters. The molecule has 1 saturated heterocycles. The van der Waals surface area contributed by atoms with E-state index in [9.17, 15) is 0 Å². The summed E-state index contributed by atoms with van der Waals surface area (Å²) in [5, 5.41) is 6.44. The molecule has 0 bridgehead atoms. The van der Waals surface area contributed by atoms with Gasteiger partial charge in [0.25, 0.3) is 0 Å². The van der Waals surface area contributed by atoms with E-state index in [-0.39, 0.29) is 11.9 Å². The summed E-state index contributed by atoms with van der Waals surface area (Å²) in [6.45, 7) is 7.22. The van der Waals surface area contributed by atoms with Gasteiger partial charge >= 0.3 is 0 Å². The van der Waals surface area contributed by atoms with Crippen molar-refractivity contribution in [2.24, 2.45) is 4.99 Å². The maximum absolute atomic E-state index is 6.11. The van der Waals surface area contributed by atoms with Gasteiger partial charge in [-0.15, -0.1) is 0 Å². The lowest BCUT2D eigenvalue weighted by atomic mass is 9.94. The van der Waals surface area contributed by atoms with Crippen molar-refractivity contribution in [1.29, 1.82) is 0 Å². The van der Waals surface area contributed by atoms with Gasteiger partial charge in [-0.05, 0) is 26.7 Å². The van der Waals surface area contributed by atoms with E-state index >= 15 is 0 Å². The zero-order valence-electron chi connectivity index (χ0n) is 12.2. The van der Waals surface area contributed by atoms with E-state index in [0.29, 0.717) is 13.2 Å². The third-order valence-corrected chi connectivity index (χ3v) is 3.67. The largest absolute Gasteiger partial charge is 0.357 e. The lowest BCUT2D eigenvalue weighted by Crippen LogP contribution is -2.38. The Kier molecular flexibility index (Phi) is 5.45. The van der Waals surface area contributed by atoms with Crippen LogP contribution in [0.25, 0.3) is 0 Å². The third-order valence-electron chi connectivity index (χ3n) is 3.67. The van der Waals surface area contributed by atoms with Gasteiger partial charge in [0, 0.05) is 25.9 Å². The van der Waals surface area contributed by atoms with E-state index in [1.807, 2.05) is 0 Å². The molecular weight excluding hydrogens is 242 g/mol. The van der Waals surface area contributed by atoms with Gasteiger partial charge in [-0.1, -0.05) is 6.42 Å². The summed E-state index contributed by atoms with van der Waals surface area (Å²) in [6.07, 6.45) is 5.93. The van der Waals surface area contributed by atoms with Gasteiger partial charge in [-0.3, -0.25) is 4.99 Å². The lowest BCUT2D eigenvalue weighted by Gasteiger charge is -2.31. The SMILES string of the molecule is CCNC(=NCC1COC2(CCCCC2)O1)NCC. The number of hydrogen-bond donors (Lipinski definition) is 2. The maximum Gasteiger partial charge on any atom is 0.191 e. The Morgan fingerprint density at radius 2 is 1.84 bits per heavy atom. The second-order valence-corrected chi connectivity index (χ2v) is 5.27. The molecule has 0 aromatic carbocycles. The summed E-state index contributed by atoms with van der Waals surface area (Å²) >= 11 is 0. The molecule has 1 aliphatic heterocycles. The van der Waals surface area contributed by atoms with Crippen molar-refractivity contribution < 1.29 is 9.47 Å². The Bertz CT molecular complexity index is 293. The monoisotopic (exact) mass is 269 g/mol. The van der Waals surface area contributed by atoms with Gasteiger partial charge < -0.3 is 20.1 Å². The zero-order chi connectivity index (χ0) is 13.6. The van der Waals surface area contributed by atoms with Crippen LogP contribution in [-0.2, 0) is 9.47 Å². The van der Waals surface area contributed by atoms with Crippen LogP contribution >= 0.6 is 0 Å². The van der Waals surface area contributed by atoms with Gasteiger partial charge in [0.1, 0.15) is 6.10 Å². The first-order chi connectivity index (χ1) is 9.28. The molecular formula is C14H27N3O2. The third kappa shape index (κ3) is 4.08. The molecule has 2 N–H and O–H groups in total. The number of rotatable bonds is 4. The van der Waals surface area contributed by atoms with Gasteiger partial charge in [0.05, 0.1) is 13.2 Å². The first-order valence-electron chi connectivity index (χ1n) is 7.62. The molecule has 0 aromatic rings. The average Bonchev–Trinajstić information content (AvgIpc) is 2.80. The van der Waals surface area contributed by atoms with Crippen molar-refractivity contribution in [3.63, 3.8) is 0 Å². The van der Waals surface area contributed by atoms with Crippen LogP contribution in [-0.4, -0.2) is 44.1 Å². The molecule has 0 aromatic heterocycles. The molecule has 5 heteroatoms. The molecule has 2 aliphatic rings. The van der Waals surface area contributed by atoms with Crippen LogP contribution in [0.2, 0.25) is 0 Å². The van der Waals surface area contributed by atoms with Crippen LogP contribution in [0.1, 0.15) is 46.0 Å². The molecule has 1 saturated carbocycles. The van der Waals surface area contributed by atoms with Crippen LogP contribution in [0.3, 0.4) is 0 Å². The molecule has 0 radical (unpaired) electrons. The maximum atomic E-state index is 6.11. The highest BCUT2D eigenvalue weighted by Gasteiger charge is 2.41. The van der Waals surface area contributed by atoms with E-state index in [4.69, 9.17) is 9.47 Å². The van der Waals surface area contributed by atoms with Crippen molar-refractivity contribution in [2.75, 3.05) is 26.2 Å². The van der Waals surface area contributed by atoms with E-state index in [1.165, 1.54) is 19.3 Å². The van der Waals surface area contributed by atoms with E-state index in [1.54, 1.807) is 0 Å². The van der Waals surface area contributed by atoms with Crippen molar-refractivity contribution >= 4 is 5.96 Å². The van der Waals surface area contributed by atoms with Crippen LogP contribution in [0, 0.1) is 0 Å². The predicted octanol–water partition coefficient (Wildman–Crippen LogP) is 1.64. The summed E-state index contributed by atoms with van der Waals surface area (Å²) in [4.78, 5) is 4.55. The summed E-state index contributed by atoms with van der Waals surface area (Å²) in [5.41, 5.74) is 0. The minimum atomic E-state index is -0.283. The number of nitrogens with one attached hydrogen (secondary N) is 2. The van der Waals surface area contributed by atoms with Gasteiger partial charge in [0.15, 0.2) is 11.7 Å². The molecule has 1 atom stereocenters. The van der Waals surface area contributed by atoms with Gasteiger partial charge in [0.2, 0.25) is 0 Å². The first-order valence-corrected chi connectivity index (χ1v) is 7.62. The minimum absolute atomic E-state index is 0.102. The van der Waals surface area contributed by atoms with Crippen molar-refractivity contribution in [2.45, 2.75) is 57.8 Å². The molecule has 1 spiro atoms. The number of ether oxygens (including phenoxy) is 2. The summed E-state index contributed by atoms with van der Waals surface area (Å²) in [7, 11) is 0. The second kappa shape index (κ2) is 7.10. The molecule has 0 amide bonds. The fraction of sp³-hybridized carbons (Fsp3) is 0.929. The van der Waals surface area contributed by atoms with E-state index < -0.39 is 0 Å². The first kappa shape index (κ1) is 14.6. The molecule has 5 nitrogen and oxygen atoms in total. The predicted molar refractivity (Wildman–Crippen MR) is 76.3 cm³/mol. The number of nitrogens with zero attached hydrogens (tertiary/aromatic N) is 1. The molecule has 1 heterocycles. The fourth-order valence-corrected chi connectivity index (χ4v) is 2.76. The number of guanidine groups is 1. The molecule has 2 fully saturated rings. The minimum Gasteiger partial charge on any atom is -0.357 e. The standard InChI is InChI=1S/C14H27N3O2/c1-3-15-13(16-4-2)17-10-12-11-18-14(19-12)8-6-5-7-9-14/h12H,3-11H2,1-2H3,(H2,15,16,17). The van der Waals surface area contributed by atoms with Crippen molar-refractivity contribution in [3.05, 3.63) is 0 Å². The lowest BCUT2D eigenvalue weighted by molar-refractivity contribution is -0.186. The van der Waals surface area contributed by atoms with E-state index in [0.717, 1.165) is 31.9 Å². The Morgan fingerprint density at radius 1 is 1.16 bits per heavy atom. The molecule has 19 heavy (non-hydrogen) atoms. The Balaban J connectivity index is 1.81. The normalized spacial score (nSPS) is 25.3. The molecule has 110 valence electrons. The fourth-order valence-electron chi connectivity index (χ4n) is 2.76. The summed E-state index contributed by atoms with van der Waals surface area (Å²) < 4.78 is 12.0. The molecule has 2 rings (SSSR count). The van der Waals surface area contributed by atoms with Crippen LogP contribution in [0.15, 0.2) is 4.99 Å². The smallest absolute Gasteiger partial charge is 0.191 e. The highest BCUT2D eigenvalue weighted by Crippen LogP contribution is 2.37. The Morgan fingerprint density at radius 3 is 2.47 bits per heavy atom. The number of hydrogen-bond acceptors (Lipinski definition) is 3. The highest BCUT2D eigenvalue weighted by molar-refractivity contribution is 5.79. The summed E-state index contributed by atoms with van der Waals surface area (Å²) in [5.74, 6) is 0.577. The Labute approximate surface area is 116 Å². The average molecular weight is 269 g/mol. The highest BCUT2D eigenvalue weighted by atomic mass is 16.7. The Hall–Kier alpha value is -0.810. The van der Waals surface area contributed by atoms with Crippen LogP contribution in [0.4, 0.5) is 0 Å². The quantitative estimate of drug-likeness (QED) is 0.602. The van der Waals surface area contributed by atoms with Crippen LogP contribution in [0.5, 0.6) is 0 Å². The van der Waals surface area contributed by atoms with Gasteiger partial charge in [-0.2, -0.15) is 0 Å². The topological polar surface area (TPSA) is 54.9 Å². The van der Waals surface area contributed by atoms with Gasteiger partial charge in [-0.25, -0.2) is 0 Å². The molecule has 1 aliphatic carbocycles. The van der Waals surface area contributed by atoms with Crippen LogP contribution < -0.4 is 10.6 Å². The number of aliphatic imine (C=N–C) groups is 1.